The lowest BCUT2D eigenvalue weighted by Crippen LogP contribution is -2.32. The molecule has 7 heteroatoms. The van der Waals surface area contributed by atoms with Gasteiger partial charge in [0.1, 0.15) is 10.6 Å². The van der Waals surface area contributed by atoms with Crippen LogP contribution in [-0.2, 0) is 10.0 Å². The highest BCUT2D eigenvalue weighted by Gasteiger charge is 2.26. The topological polar surface area (TPSA) is 92.4 Å². The van der Waals surface area contributed by atoms with Crippen LogP contribution < -0.4 is 4.72 Å². The van der Waals surface area contributed by atoms with E-state index in [4.69, 9.17) is 4.52 Å². The molecule has 19 heavy (non-hydrogen) atoms. The van der Waals surface area contributed by atoms with E-state index in [9.17, 15) is 13.5 Å². The van der Waals surface area contributed by atoms with Gasteiger partial charge in [-0.05, 0) is 25.7 Å². The maximum absolute atomic E-state index is 12.1. The molecule has 1 rings (SSSR count). The SMILES string of the molecule is Cc1noc(C)c1S(=O)(=O)NCCC(O)C(C)(C)C. The first-order valence-electron chi connectivity index (χ1n) is 6.16. The van der Waals surface area contributed by atoms with E-state index < -0.39 is 16.1 Å². The van der Waals surface area contributed by atoms with E-state index in [1.165, 1.54) is 0 Å². The maximum Gasteiger partial charge on any atom is 0.245 e. The lowest BCUT2D eigenvalue weighted by atomic mass is 9.87. The number of aliphatic hydroxyl groups excluding tert-OH is 1. The predicted octanol–water partition coefficient (Wildman–Crippen LogP) is 1.37. The van der Waals surface area contributed by atoms with Gasteiger partial charge in [-0.3, -0.25) is 0 Å². The van der Waals surface area contributed by atoms with E-state index in [1.807, 2.05) is 20.8 Å². The monoisotopic (exact) mass is 290 g/mol. The van der Waals surface area contributed by atoms with Gasteiger partial charge in [0, 0.05) is 6.54 Å². The molecule has 0 saturated carbocycles. The Morgan fingerprint density at radius 2 is 1.95 bits per heavy atom. The minimum Gasteiger partial charge on any atom is -0.393 e. The molecule has 0 fully saturated rings. The molecule has 0 radical (unpaired) electrons. The zero-order valence-electron chi connectivity index (χ0n) is 12.0. The highest BCUT2D eigenvalue weighted by molar-refractivity contribution is 7.89. The first-order chi connectivity index (χ1) is 8.55. The molecule has 0 spiro atoms. The van der Waals surface area contributed by atoms with Crippen LogP contribution in [0.3, 0.4) is 0 Å². The van der Waals surface area contributed by atoms with Crippen LogP contribution in [0.1, 0.15) is 38.6 Å². The van der Waals surface area contributed by atoms with Crippen molar-refractivity contribution in [3.63, 3.8) is 0 Å². The van der Waals surface area contributed by atoms with Crippen molar-refractivity contribution in [1.82, 2.24) is 9.88 Å². The zero-order valence-corrected chi connectivity index (χ0v) is 12.8. The van der Waals surface area contributed by atoms with E-state index in [1.54, 1.807) is 13.8 Å². The molecule has 1 heterocycles. The van der Waals surface area contributed by atoms with E-state index >= 15 is 0 Å². The summed E-state index contributed by atoms with van der Waals surface area (Å²) in [5, 5.41) is 13.5. The van der Waals surface area contributed by atoms with Crippen molar-refractivity contribution in [3.05, 3.63) is 11.5 Å². The fourth-order valence-corrected chi connectivity index (χ4v) is 3.07. The first kappa shape index (κ1) is 16.1. The summed E-state index contributed by atoms with van der Waals surface area (Å²) in [5.74, 6) is 0.265. The Morgan fingerprint density at radius 1 is 1.37 bits per heavy atom. The number of hydrogen-bond acceptors (Lipinski definition) is 5. The number of nitrogens with zero attached hydrogens (tertiary/aromatic N) is 1. The summed E-state index contributed by atoms with van der Waals surface area (Å²) in [5.41, 5.74) is 0.0652. The van der Waals surface area contributed by atoms with Crippen LogP contribution in [0.15, 0.2) is 9.42 Å². The fourth-order valence-electron chi connectivity index (χ4n) is 1.69. The van der Waals surface area contributed by atoms with Gasteiger partial charge < -0.3 is 9.63 Å². The molecule has 1 unspecified atom stereocenters. The Morgan fingerprint density at radius 3 is 2.37 bits per heavy atom. The lowest BCUT2D eigenvalue weighted by Gasteiger charge is -2.25. The first-order valence-corrected chi connectivity index (χ1v) is 7.64. The highest BCUT2D eigenvalue weighted by Crippen LogP contribution is 2.22. The molecule has 1 aromatic rings. The van der Waals surface area contributed by atoms with Gasteiger partial charge in [-0.1, -0.05) is 25.9 Å². The van der Waals surface area contributed by atoms with Crippen molar-refractivity contribution in [2.75, 3.05) is 6.54 Å². The Hall–Kier alpha value is -0.920. The van der Waals surface area contributed by atoms with Gasteiger partial charge >= 0.3 is 0 Å². The molecule has 0 bridgehead atoms. The van der Waals surface area contributed by atoms with Crippen LogP contribution in [0.2, 0.25) is 0 Å². The van der Waals surface area contributed by atoms with Crippen LogP contribution in [0.5, 0.6) is 0 Å². The zero-order chi connectivity index (χ0) is 14.8. The average Bonchev–Trinajstić information content (AvgIpc) is 2.57. The predicted molar refractivity (Wildman–Crippen MR) is 71.2 cm³/mol. The Kier molecular flexibility index (Phi) is 4.76. The molecule has 1 aromatic heterocycles. The molecule has 0 aromatic carbocycles. The summed E-state index contributed by atoms with van der Waals surface area (Å²) in [6, 6.07) is 0. The third kappa shape index (κ3) is 4.02. The van der Waals surface area contributed by atoms with Crippen LogP contribution in [0.25, 0.3) is 0 Å². The second-order valence-electron chi connectivity index (χ2n) is 5.72. The normalized spacial score (nSPS) is 14.6. The van der Waals surface area contributed by atoms with E-state index in [-0.39, 0.29) is 22.6 Å². The minimum absolute atomic E-state index is 0.0812. The van der Waals surface area contributed by atoms with Gasteiger partial charge in [0.25, 0.3) is 0 Å². The van der Waals surface area contributed by atoms with E-state index in [2.05, 4.69) is 9.88 Å². The number of aliphatic hydroxyl groups is 1. The molecular formula is C12H22N2O4S. The molecule has 0 amide bonds. The van der Waals surface area contributed by atoms with Gasteiger partial charge in [0.05, 0.1) is 6.10 Å². The number of aryl methyl sites for hydroxylation is 2. The smallest absolute Gasteiger partial charge is 0.245 e. The van der Waals surface area contributed by atoms with Crippen molar-refractivity contribution in [2.24, 2.45) is 5.41 Å². The summed E-state index contributed by atoms with van der Waals surface area (Å²) in [6.45, 7) is 9.01. The molecule has 0 saturated heterocycles. The summed E-state index contributed by atoms with van der Waals surface area (Å²) in [7, 11) is -3.64. The van der Waals surface area contributed by atoms with Gasteiger partial charge in [-0.25, -0.2) is 13.1 Å². The van der Waals surface area contributed by atoms with Gasteiger partial charge in [-0.15, -0.1) is 0 Å². The molecule has 0 aliphatic carbocycles. The van der Waals surface area contributed by atoms with Crippen LogP contribution in [0, 0.1) is 19.3 Å². The number of sulfonamides is 1. The molecule has 2 N–H and O–H groups in total. The maximum atomic E-state index is 12.1. The van der Waals surface area contributed by atoms with Crippen molar-refractivity contribution in [3.8, 4) is 0 Å². The molecular weight excluding hydrogens is 268 g/mol. The Labute approximate surface area is 114 Å². The summed E-state index contributed by atoms with van der Waals surface area (Å²) < 4.78 is 31.4. The quantitative estimate of drug-likeness (QED) is 0.854. The van der Waals surface area contributed by atoms with E-state index in [0.717, 1.165) is 0 Å². The van der Waals surface area contributed by atoms with Crippen molar-refractivity contribution in [1.29, 1.82) is 0 Å². The van der Waals surface area contributed by atoms with E-state index in [0.29, 0.717) is 12.1 Å². The van der Waals surface area contributed by atoms with Crippen LogP contribution in [0.4, 0.5) is 0 Å². The molecule has 0 aliphatic rings. The second-order valence-corrected chi connectivity index (χ2v) is 7.43. The fraction of sp³-hybridized carbons (Fsp3) is 0.750. The summed E-state index contributed by atoms with van der Waals surface area (Å²) in [4.78, 5) is 0.0812. The Bertz CT molecular complexity index is 509. The Balaban J connectivity index is 2.68. The molecule has 1 atom stereocenters. The molecule has 110 valence electrons. The standard InChI is InChI=1S/C12H22N2O4S/c1-8-11(9(2)18-14-8)19(16,17)13-7-6-10(15)12(3,4)5/h10,13,15H,6-7H2,1-5H3. The minimum atomic E-state index is -3.64. The van der Waals surface area contributed by atoms with Gasteiger partial charge in [-0.2, -0.15) is 0 Å². The van der Waals surface area contributed by atoms with Crippen LogP contribution >= 0.6 is 0 Å². The van der Waals surface area contributed by atoms with Crippen molar-refractivity contribution in [2.45, 2.75) is 52.0 Å². The largest absolute Gasteiger partial charge is 0.393 e. The third-order valence-corrected chi connectivity index (χ3v) is 4.65. The number of nitrogens with one attached hydrogen (secondary N) is 1. The second kappa shape index (κ2) is 5.60. The van der Waals surface area contributed by atoms with Gasteiger partial charge in [0.2, 0.25) is 10.0 Å². The summed E-state index contributed by atoms with van der Waals surface area (Å²) >= 11 is 0. The highest BCUT2D eigenvalue weighted by atomic mass is 32.2. The van der Waals surface area contributed by atoms with Crippen molar-refractivity contribution < 1.29 is 18.0 Å². The molecule has 6 nitrogen and oxygen atoms in total. The summed E-state index contributed by atoms with van der Waals surface area (Å²) in [6.07, 6.45) is -0.216. The van der Waals surface area contributed by atoms with Crippen LogP contribution in [-0.4, -0.2) is 31.3 Å². The number of rotatable bonds is 5. The van der Waals surface area contributed by atoms with Gasteiger partial charge in [0.15, 0.2) is 5.76 Å². The lowest BCUT2D eigenvalue weighted by molar-refractivity contribution is 0.0571. The third-order valence-electron chi connectivity index (χ3n) is 2.95. The number of hydrogen-bond donors (Lipinski definition) is 2. The molecule has 0 aliphatic heterocycles. The average molecular weight is 290 g/mol. The number of aromatic nitrogens is 1. The van der Waals surface area contributed by atoms with Crippen molar-refractivity contribution >= 4 is 10.0 Å².